The molecule has 3 atom stereocenters. The number of phenolic OH excluding ortho intramolecular Hbond substituents is 3. The molecule has 2 aromatic rings. The maximum absolute atomic E-state index is 10.4. The van der Waals surface area contributed by atoms with Gasteiger partial charge in [0.05, 0.1) is 6.10 Å². The van der Waals surface area contributed by atoms with Gasteiger partial charge in [0.1, 0.15) is 23.4 Å². The van der Waals surface area contributed by atoms with E-state index in [1.54, 1.807) is 24.3 Å². The van der Waals surface area contributed by atoms with Crippen LogP contribution in [0.4, 0.5) is 0 Å². The summed E-state index contributed by atoms with van der Waals surface area (Å²) in [5.41, 5.74) is 3.28. The fourth-order valence-electron chi connectivity index (χ4n) is 3.19. The van der Waals surface area contributed by atoms with Gasteiger partial charge < -0.3 is 20.1 Å². The first-order valence-electron chi connectivity index (χ1n) is 7.40. The van der Waals surface area contributed by atoms with Gasteiger partial charge in [-0.25, -0.2) is 0 Å². The van der Waals surface area contributed by atoms with Crippen molar-refractivity contribution in [2.24, 2.45) is 0 Å². The summed E-state index contributed by atoms with van der Waals surface area (Å²) in [6.07, 6.45) is -0.465. The van der Waals surface area contributed by atoms with Gasteiger partial charge in [-0.2, -0.15) is 0 Å². The summed E-state index contributed by atoms with van der Waals surface area (Å²) in [6, 6.07) is 8.15. The van der Waals surface area contributed by atoms with Crippen LogP contribution in [0.1, 0.15) is 48.1 Å². The Hall–Kier alpha value is -2.20. The molecule has 116 valence electrons. The second-order valence-electron chi connectivity index (χ2n) is 5.97. The normalized spacial score (nSPS) is 24.0. The Morgan fingerprint density at radius 2 is 1.55 bits per heavy atom. The van der Waals surface area contributed by atoms with Gasteiger partial charge in [-0.15, -0.1) is 0 Å². The Bertz CT molecular complexity index is 706. The molecule has 0 aliphatic carbocycles. The number of aromatic hydroxyl groups is 3. The molecule has 22 heavy (non-hydrogen) atoms. The van der Waals surface area contributed by atoms with Crippen molar-refractivity contribution >= 4 is 0 Å². The van der Waals surface area contributed by atoms with E-state index < -0.39 is 6.10 Å². The lowest BCUT2D eigenvalue weighted by Gasteiger charge is -2.37. The molecule has 0 saturated heterocycles. The number of phenols is 3. The van der Waals surface area contributed by atoms with Crippen LogP contribution in [0.25, 0.3) is 0 Å². The largest absolute Gasteiger partial charge is 0.508 e. The van der Waals surface area contributed by atoms with Crippen molar-refractivity contribution in [2.45, 2.75) is 38.9 Å². The first-order valence-corrected chi connectivity index (χ1v) is 7.40. The number of ether oxygens (including phenoxy) is 1. The molecule has 1 aliphatic heterocycles. The van der Waals surface area contributed by atoms with Crippen molar-refractivity contribution in [3.8, 4) is 17.2 Å². The fraction of sp³-hybridized carbons (Fsp3) is 0.333. The maximum atomic E-state index is 10.4. The lowest BCUT2D eigenvalue weighted by atomic mass is 9.81. The zero-order valence-corrected chi connectivity index (χ0v) is 12.9. The molecule has 0 fully saturated rings. The fourth-order valence-corrected chi connectivity index (χ4v) is 3.19. The molecule has 1 aliphatic rings. The van der Waals surface area contributed by atoms with Crippen LogP contribution in [0.3, 0.4) is 0 Å². The van der Waals surface area contributed by atoms with Crippen LogP contribution < -0.4 is 0 Å². The second kappa shape index (κ2) is 5.21. The predicted octanol–water partition coefficient (Wildman–Crippen LogP) is 3.72. The summed E-state index contributed by atoms with van der Waals surface area (Å²) in [7, 11) is 0. The highest BCUT2D eigenvalue weighted by Crippen LogP contribution is 2.48. The quantitative estimate of drug-likeness (QED) is 0.750. The maximum Gasteiger partial charge on any atom is 0.125 e. The molecule has 0 spiro atoms. The molecule has 0 radical (unpaired) electrons. The number of benzene rings is 2. The van der Waals surface area contributed by atoms with Crippen molar-refractivity contribution in [3.05, 3.63) is 52.6 Å². The molecular formula is C18H20O4. The van der Waals surface area contributed by atoms with Crippen LogP contribution in [0.5, 0.6) is 17.2 Å². The van der Waals surface area contributed by atoms with E-state index >= 15 is 0 Å². The molecule has 3 rings (SSSR count). The van der Waals surface area contributed by atoms with Crippen molar-refractivity contribution in [1.29, 1.82) is 0 Å². The number of hydrogen-bond donors (Lipinski definition) is 3. The van der Waals surface area contributed by atoms with E-state index in [-0.39, 0.29) is 29.3 Å². The van der Waals surface area contributed by atoms with Gasteiger partial charge in [0.25, 0.3) is 0 Å². The minimum atomic E-state index is -0.416. The van der Waals surface area contributed by atoms with Gasteiger partial charge in [-0.05, 0) is 42.7 Å². The molecule has 4 heteroatoms. The van der Waals surface area contributed by atoms with Crippen LogP contribution in [-0.2, 0) is 4.74 Å². The van der Waals surface area contributed by atoms with E-state index in [9.17, 15) is 15.3 Å². The first kappa shape index (κ1) is 14.7. The summed E-state index contributed by atoms with van der Waals surface area (Å²) in [5, 5.41) is 29.8. The molecule has 4 nitrogen and oxygen atoms in total. The average Bonchev–Trinajstić information content (AvgIpc) is 2.48. The second-order valence-corrected chi connectivity index (χ2v) is 5.97. The molecule has 2 aromatic carbocycles. The van der Waals surface area contributed by atoms with Gasteiger partial charge in [0.2, 0.25) is 0 Å². The van der Waals surface area contributed by atoms with Crippen molar-refractivity contribution in [2.75, 3.05) is 0 Å². The van der Waals surface area contributed by atoms with Crippen LogP contribution >= 0.6 is 0 Å². The molecule has 0 unspecified atom stereocenters. The third-order valence-electron chi connectivity index (χ3n) is 4.60. The zero-order valence-electron chi connectivity index (χ0n) is 12.9. The standard InChI is InChI=1S/C18H20O4/c1-9-11(3)22-18(12-4-6-13(19)7-5-12)17-15(21)8-14(20)10(2)16(9)17/h4-9,11,18-21H,1-3H3/t9-,11-,18-/m1/s1. The molecule has 3 N–H and O–H groups in total. The molecule has 0 saturated carbocycles. The highest BCUT2D eigenvalue weighted by atomic mass is 16.5. The Labute approximate surface area is 129 Å². The molecule has 0 aromatic heterocycles. The SMILES string of the molecule is Cc1c(O)cc(O)c2c1[C@H](C)[C@@H](C)O[C@@H]2c1ccc(O)cc1. The monoisotopic (exact) mass is 300 g/mol. The molecule has 1 heterocycles. The summed E-state index contributed by atoms with van der Waals surface area (Å²) in [5.74, 6) is 0.394. The van der Waals surface area contributed by atoms with Crippen LogP contribution in [0.2, 0.25) is 0 Å². The number of fused-ring (bicyclic) bond motifs is 1. The number of rotatable bonds is 1. The topological polar surface area (TPSA) is 69.9 Å². The van der Waals surface area contributed by atoms with Crippen LogP contribution in [0.15, 0.2) is 30.3 Å². The van der Waals surface area contributed by atoms with Gasteiger partial charge in [0, 0.05) is 17.5 Å². The van der Waals surface area contributed by atoms with Crippen molar-refractivity contribution < 1.29 is 20.1 Å². The average molecular weight is 300 g/mol. The third-order valence-corrected chi connectivity index (χ3v) is 4.60. The highest BCUT2D eigenvalue weighted by Gasteiger charge is 2.35. The van der Waals surface area contributed by atoms with E-state index in [4.69, 9.17) is 4.74 Å². The predicted molar refractivity (Wildman–Crippen MR) is 83.4 cm³/mol. The molecular weight excluding hydrogens is 280 g/mol. The lowest BCUT2D eigenvalue weighted by Crippen LogP contribution is -2.28. The van der Waals surface area contributed by atoms with Crippen LogP contribution in [-0.4, -0.2) is 21.4 Å². The van der Waals surface area contributed by atoms with E-state index in [1.165, 1.54) is 6.07 Å². The van der Waals surface area contributed by atoms with Gasteiger partial charge >= 0.3 is 0 Å². The van der Waals surface area contributed by atoms with Crippen molar-refractivity contribution in [3.63, 3.8) is 0 Å². The Kier molecular flexibility index (Phi) is 3.49. The van der Waals surface area contributed by atoms with Gasteiger partial charge in [-0.3, -0.25) is 0 Å². The third kappa shape index (κ3) is 2.20. The lowest BCUT2D eigenvalue weighted by molar-refractivity contribution is -0.00916. The van der Waals surface area contributed by atoms with E-state index in [0.29, 0.717) is 5.56 Å². The van der Waals surface area contributed by atoms with Gasteiger partial charge in [0.15, 0.2) is 0 Å². The minimum absolute atomic E-state index is 0.0370. The summed E-state index contributed by atoms with van der Waals surface area (Å²) < 4.78 is 6.10. The Morgan fingerprint density at radius 1 is 0.909 bits per heavy atom. The highest BCUT2D eigenvalue weighted by molar-refractivity contribution is 5.57. The summed E-state index contributed by atoms with van der Waals surface area (Å²) in [4.78, 5) is 0. The van der Waals surface area contributed by atoms with Crippen LogP contribution in [0, 0.1) is 6.92 Å². The molecule has 0 bridgehead atoms. The van der Waals surface area contributed by atoms with E-state index in [1.807, 2.05) is 20.8 Å². The Balaban J connectivity index is 2.22. The number of hydrogen-bond acceptors (Lipinski definition) is 4. The smallest absolute Gasteiger partial charge is 0.125 e. The summed E-state index contributed by atoms with van der Waals surface area (Å²) in [6.45, 7) is 5.88. The van der Waals surface area contributed by atoms with E-state index in [2.05, 4.69) is 0 Å². The van der Waals surface area contributed by atoms with Gasteiger partial charge in [-0.1, -0.05) is 19.1 Å². The first-order chi connectivity index (χ1) is 10.4. The Morgan fingerprint density at radius 3 is 2.18 bits per heavy atom. The van der Waals surface area contributed by atoms with E-state index in [0.717, 1.165) is 16.7 Å². The summed E-state index contributed by atoms with van der Waals surface area (Å²) >= 11 is 0. The molecule has 0 amide bonds. The zero-order chi connectivity index (χ0) is 16.0. The van der Waals surface area contributed by atoms with Crippen molar-refractivity contribution in [1.82, 2.24) is 0 Å². The minimum Gasteiger partial charge on any atom is -0.508 e.